The number of hydrogen-bond donors (Lipinski definition) is 0. The Morgan fingerprint density at radius 3 is 2.44 bits per heavy atom. The normalized spacial score (nSPS) is 25.0. The molecule has 1 aliphatic carbocycles. The van der Waals surface area contributed by atoms with Crippen molar-refractivity contribution in [2.45, 2.75) is 77.4 Å². The van der Waals surface area contributed by atoms with Gasteiger partial charge in [0.1, 0.15) is 0 Å². The summed E-state index contributed by atoms with van der Waals surface area (Å²) in [5.41, 5.74) is -0.0539. The maximum absolute atomic E-state index is 6.11. The van der Waals surface area contributed by atoms with Crippen LogP contribution in [0.25, 0.3) is 0 Å². The van der Waals surface area contributed by atoms with E-state index >= 15 is 0 Å². The standard InChI is InChI=1S/C14H25BrO/c1-14(2,3)16-13-11-9-7-5-4-6-8-10-12(13)15/h10,13H,4-9,11H2,1-3H3. The molecule has 1 nitrogen and oxygen atoms in total. The van der Waals surface area contributed by atoms with Gasteiger partial charge in [0.15, 0.2) is 0 Å². The third kappa shape index (κ3) is 6.05. The minimum absolute atomic E-state index is 0.0539. The van der Waals surface area contributed by atoms with E-state index in [-0.39, 0.29) is 11.7 Å². The van der Waals surface area contributed by atoms with Crippen LogP contribution in [0.3, 0.4) is 0 Å². The second-order valence-electron chi connectivity index (χ2n) is 5.65. The summed E-state index contributed by atoms with van der Waals surface area (Å²) < 4.78 is 7.36. The lowest BCUT2D eigenvalue weighted by atomic mass is 10.0. The van der Waals surface area contributed by atoms with E-state index < -0.39 is 0 Å². The number of rotatable bonds is 1. The van der Waals surface area contributed by atoms with Gasteiger partial charge < -0.3 is 4.74 Å². The molecule has 0 aliphatic heterocycles. The molecule has 0 aromatic carbocycles. The maximum atomic E-state index is 6.11. The highest BCUT2D eigenvalue weighted by Gasteiger charge is 2.20. The molecule has 0 radical (unpaired) electrons. The van der Waals surface area contributed by atoms with Crippen LogP contribution in [-0.4, -0.2) is 11.7 Å². The van der Waals surface area contributed by atoms with Crippen LogP contribution in [0.1, 0.15) is 65.7 Å². The summed E-state index contributed by atoms with van der Waals surface area (Å²) >= 11 is 3.69. The summed E-state index contributed by atoms with van der Waals surface area (Å²) in [7, 11) is 0. The first-order valence-electron chi connectivity index (χ1n) is 6.52. The topological polar surface area (TPSA) is 9.23 Å². The van der Waals surface area contributed by atoms with Crippen molar-refractivity contribution in [1.82, 2.24) is 0 Å². The molecule has 1 rings (SSSR count). The summed E-state index contributed by atoms with van der Waals surface area (Å²) in [5.74, 6) is 0. The van der Waals surface area contributed by atoms with Crippen LogP contribution in [-0.2, 0) is 4.74 Å². The summed E-state index contributed by atoms with van der Waals surface area (Å²) in [6.45, 7) is 6.39. The molecule has 0 aromatic heterocycles. The lowest BCUT2D eigenvalue weighted by Gasteiger charge is -2.28. The van der Waals surface area contributed by atoms with Gasteiger partial charge in [-0.1, -0.05) is 47.7 Å². The van der Waals surface area contributed by atoms with Gasteiger partial charge in [-0.05, 0) is 40.0 Å². The van der Waals surface area contributed by atoms with E-state index in [0.29, 0.717) is 0 Å². The van der Waals surface area contributed by atoms with E-state index in [1.165, 1.54) is 43.0 Å². The fourth-order valence-electron chi connectivity index (χ4n) is 2.06. The molecule has 0 saturated carbocycles. The molecular weight excluding hydrogens is 264 g/mol. The Morgan fingerprint density at radius 2 is 1.75 bits per heavy atom. The van der Waals surface area contributed by atoms with Gasteiger partial charge in [-0.3, -0.25) is 0 Å². The number of ether oxygens (including phenoxy) is 1. The molecule has 1 atom stereocenters. The maximum Gasteiger partial charge on any atom is 0.0893 e. The van der Waals surface area contributed by atoms with Gasteiger partial charge in [0.25, 0.3) is 0 Å². The lowest BCUT2D eigenvalue weighted by molar-refractivity contribution is -0.0432. The van der Waals surface area contributed by atoms with Crippen LogP contribution in [0.2, 0.25) is 0 Å². The second kappa shape index (κ2) is 6.80. The third-order valence-corrected chi connectivity index (χ3v) is 3.65. The first-order chi connectivity index (χ1) is 7.49. The molecule has 1 aliphatic rings. The Kier molecular flexibility index (Phi) is 6.06. The summed E-state index contributed by atoms with van der Waals surface area (Å²) in [6, 6.07) is 0. The highest BCUT2D eigenvalue weighted by molar-refractivity contribution is 9.11. The van der Waals surface area contributed by atoms with Gasteiger partial charge in [-0.15, -0.1) is 0 Å². The van der Waals surface area contributed by atoms with Crippen molar-refractivity contribution in [3.63, 3.8) is 0 Å². The van der Waals surface area contributed by atoms with Crippen molar-refractivity contribution in [2.24, 2.45) is 0 Å². The zero-order valence-corrected chi connectivity index (χ0v) is 12.5. The van der Waals surface area contributed by atoms with Gasteiger partial charge in [0.2, 0.25) is 0 Å². The van der Waals surface area contributed by atoms with Crippen LogP contribution in [0.15, 0.2) is 10.6 Å². The second-order valence-corrected chi connectivity index (χ2v) is 6.57. The lowest BCUT2D eigenvalue weighted by Crippen LogP contribution is -2.27. The molecule has 0 amide bonds. The molecule has 0 spiro atoms. The third-order valence-electron chi connectivity index (χ3n) is 2.81. The molecule has 0 heterocycles. The average Bonchev–Trinajstić information content (AvgIpc) is 2.18. The number of allylic oxidation sites excluding steroid dienone is 1. The molecule has 0 aromatic rings. The molecule has 16 heavy (non-hydrogen) atoms. The Morgan fingerprint density at radius 1 is 1.12 bits per heavy atom. The number of hydrogen-bond acceptors (Lipinski definition) is 1. The fraction of sp³-hybridized carbons (Fsp3) is 0.857. The van der Waals surface area contributed by atoms with Gasteiger partial charge >= 0.3 is 0 Å². The Labute approximate surface area is 109 Å². The molecule has 2 heteroatoms. The van der Waals surface area contributed by atoms with E-state index in [2.05, 4.69) is 42.8 Å². The van der Waals surface area contributed by atoms with Crippen LogP contribution < -0.4 is 0 Å². The van der Waals surface area contributed by atoms with Crippen molar-refractivity contribution in [3.8, 4) is 0 Å². The Hall–Kier alpha value is 0.180. The largest absolute Gasteiger partial charge is 0.367 e. The average molecular weight is 289 g/mol. The van der Waals surface area contributed by atoms with Crippen molar-refractivity contribution < 1.29 is 4.74 Å². The van der Waals surface area contributed by atoms with Crippen molar-refractivity contribution in [2.75, 3.05) is 0 Å². The van der Waals surface area contributed by atoms with Gasteiger partial charge in [0, 0.05) is 4.48 Å². The van der Waals surface area contributed by atoms with Crippen LogP contribution >= 0.6 is 15.9 Å². The predicted octanol–water partition coefficient (Wildman–Crippen LogP) is 5.19. The molecule has 1 unspecified atom stereocenters. The molecule has 94 valence electrons. The van der Waals surface area contributed by atoms with Crippen LogP contribution in [0.4, 0.5) is 0 Å². The van der Waals surface area contributed by atoms with Crippen molar-refractivity contribution >= 4 is 15.9 Å². The van der Waals surface area contributed by atoms with E-state index in [9.17, 15) is 0 Å². The molecule has 0 bridgehead atoms. The molecule has 0 N–H and O–H groups in total. The smallest absolute Gasteiger partial charge is 0.0893 e. The van der Waals surface area contributed by atoms with Crippen molar-refractivity contribution in [3.05, 3.63) is 10.6 Å². The molecule has 0 fully saturated rings. The molecule has 0 saturated heterocycles. The van der Waals surface area contributed by atoms with Gasteiger partial charge in [-0.25, -0.2) is 0 Å². The van der Waals surface area contributed by atoms with E-state index in [1.54, 1.807) is 0 Å². The summed E-state index contributed by atoms with van der Waals surface area (Å²) in [4.78, 5) is 0. The van der Waals surface area contributed by atoms with E-state index in [4.69, 9.17) is 4.74 Å². The first-order valence-corrected chi connectivity index (χ1v) is 7.32. The molecular formula is C14H25BrO. The highest BCUT2D eigenvalue weighted by Crippen LogP contribution is 2.27. The van der Waals surface area contributed by atoms with Crippen LogP contribution in [0, 0.1) is 0 Å². The predicted molar refractivity (Wildman–Crippen MR) is 74.0 cm³/mol. The van der Waals surface area contributed by atoms with Gasteiger partial charge in [-0.2, -0.15) is 0 Å². The van der Waals surface area contributed by atoms with E-state index in [0.717, 1.165) is 6.42 Å². The van der Waals surface area contributed by atoms with Crippen molar-refractivity contribution in [1.29, 1.82) is 0 Å². The minimum Gasteiger partial charge on any atom is -0.367 e. The first kappa shape index (κ1) is 14.2. The quantitative estimate of drug-likeness (QED) is 0.645. The summed E-state index contributed by atoms with van der Waals surface area (Å²) in [6.07, 6.45) is 11.6. The fourth-order valence-corrected chi connectivity index (χ4v) is 2.61. The Bertz CT molecular complexity index is 227. The van der Waals surface area contributed by atoms with Crippen LogP contribution in [0.5, 0.6) is 0 Å². The summed E-state index contributed by atoms with van der Waals surface area (Å²) in [5, 5.41) is 0. The monoisotopic (exact) mass is 288 g/mol. The minimum atomic E-state index is -0.0539. The zero-order valence-electron chi connectivity index (χ0n) is 10.9. The number of halogens is 1. The highest BCUT2D eigenvalue weighted by atomic mass is 79.9. The SMILES string of the molecule is CC(C)(C)OC1CCCCCCCC=C1Br. The van der Waals surface area contributed by atoms with Gasteiger partial charge in [0.05, 0.1) is 11.7 Å². The Balaban J connectivity index is 2.60. The zero-order chi connectivity index (χ0) is 12.0. The van der Waals surface area contributed by atoms with E-state index in [1.807, 2.05) is 0 Å².